The van der Waals surface area contributed by atoms with Crippen molar-refractivity contribution >= 4 is 20.6 Å². The van der Waals surface area contributed by atoms with Crippen LogP contribution in [0.5, 0.6) is 0 Å². The Bertz CT molecular complexity index is 639. The molecule has 2 aromatic rings. The van der Waals surface area contributed by atoms with E-state index < -0.39 is 16.0 Å². The monoisotopic (exact) mass is 348 g/mol. The van der Waals surface area contributed by atoms with Gasteiger partial charge in [0.2, 0.25) is 0 Å². The van der Waals surface area contributed by atoms with Crippen molar-refractivity contribution in [1.29, 1.82) is 0 Å². The first-order chi connectivity index (χ1) is 10.0. The maximum atomic E-state index is 13.6. The van der Waals surface area contributed by atoms with Crippen molar-refractivity contribution in [3.63, 3.8) is 0 Å². The van der Waals surface area contributed by atoms with Crippen LogP contribution in [0.4, 0.5) is 13.2 Å². The molecule has 122 valence electrons. The van der Waals surface area contributed by atoms with E-state index >= 15 is 0 Å². The fourth-order valence-corrected chi connectivity index (χ4v) is 5.53. The lowest BCUT2D eigenvalue weighted by Crippen LogP contribution is -3.00. The fourth-order valence-electron chi connectivity index (χ4n) is 3.39. The second-order valence-corrected chi connectivity index (χ2v) is 7.85. The summed E-state index contributed by atoms with van der Waals surface area (Å²) in [5, 5.41) is 0.801. The summed E-state index contributed by atoms with van der Waals surface area (Å²) < 4.78 is 41.3. The Balaban J connectivity index is 0.00000176. The number of fused-ring (bicyclic) bond motifs is 1. The van der Waals surface area contributed by atoms with Gasteiger partial charge in [0.1, 0.15) is 0 Å². The Morgan fingerprint density at radius 2 is 1.77 bits per heavy atom. The standard InChI is InChI=1S/C17H20F3S.ClH/c1-2-12-8-9-15-14(10-12)11-16(21(15)17(18,19)20)13-6-4-3-5-7-13;/h8-11,13H,2-7H2,1H3;1H/q+1;/p-1. The van der Waals surface area contributed by atoms with Crippen molar-refractivity contribution in [3.8, 4) is 0 Å². The Kier molecular flexibility index (Phi) is 5.44. The number of benzene rings is 1. The van der Waals surface area contributed by atoms with Gasteiger partial charge in [-0.3, -0.25) is 0 Å². The van der Waals surface area contributed by atoms with Crippen LogP contribution in [0.2, 0.25) is 0 Å². The first kappa shape index (κ1) is 17.6. The Labute approximate surface area is 138 Å². The van der Waals surface area contributed by atoms with Crippen LogP contribution in [0, 0.1) is 0 Å². The van der Waals surface area contributed by atoms with Gasteiger partial charge in [0.15, 0.2) is 9.58 Å². The molecule has 0 saturated heterocycles. The molecule has 0 bridgehead atoms. The largest absolute Gasteiger partial charge is 1.00 e. The van der Waals surface area contributed by atoms with E-state index in [1.807, 2.05) is 25.1 Å². The number of hydrogen-bond donors (Lipinski definition) is 0. The van der Waals surface area contributed by atoms with Crippen molar-refractivity contribution in [2.45, 2.75) is 56.9 Å². The van der Waals surface area contributed by atoms with E-state index in [1.165, 1.54) is 0 Å². The lowest BCUT2D eigenvalue weighted by atomic mass is 9.88. The maximum Gasteiger partial charge on any atom is 0.600 e. The predicted octanol–water partition coefficient (Wildman–Crippen LogP) is 3.68. The Morgan fingerprint density at radius 1 is 1.09 bits per heavy atom. The van der Waals surface area contributed by atoms with Crippen molar-refractivity contribution in [2.75, 3.05) is 0 Å². The third kappa shape index (κ3) is 3.28. The highest BCUT2D eigenvalue weighted by molar-refractivity contribution is 7.38. The number of hydrogen-bond acceptors (Lipinski definition) is 0. The van der Waals surface area contributed by atoms with Gasteiger partial charge in [-0.2, -0.15) is 0 Å². The molecule has 0 nitrogen and oxygen atoms in total. The van der Waals surface area contributed by atoms with Gasteiger partial charge in [0, 0.05) is 17.4 Å². The molecule has 1 atom stereocenters. The average Bonchev–Trinajstić information content (AvgIpc) is 2.86. The lowest BCUT2D eigenvalue weighted by Gasteiger charge is -2.18. The second kappa shape index (κ2) is 6.79. The number of aryl methyl sites for hydroxylation is 1. The summed E-state index contributed by atoms with van der Waals surface area (Å²) >= 11 is 0. The van der Waals surface area contributed by atoms with Crippen molar-refractivity contribution in [1.82, 2.24) is 0 Å². The molecule has 1 aliphatic rings. The fraction of sp³-hybridized carbons (Fsp3) is 0.529. The van der Waals surface area contributed by atoms with Gasteiger partial charge >= 0.3 is 5.51 Å². The minimum Gasteiger partial charge on any atom is -1.00 e. The molecule has 0 radical (unpaired) electrons. The number of alkyl halides is 3. The minimum absolute atomic E-state index is 0. The van der Waals surface area contributed by atoms with Crippen molar-refractivity contribution in [3.05, 3.63) is 34.7 Å². The van der Waals surface area contributed by atoms with Gasteiger partial charge in [0.25, 0.3) is 0 Å². The van der Waals surface area contributed by atoms with Gasteiger partial charge in [-0.05, 0) is 37.0 Å². The molecule has 1 unspecified atom stereocenters. The van der Waals surface area contributed by atoms with Crippen LogP contribution in [-0.2, 0) is 11.9 Å². The van der Waals surface area contributed by atoms with Gasteiger partial charge in [-0.15, -0.1) is 13.2 Å². The van der Waals surface area contributed by atoms with Gasteiger partial charge in [-0.25, -0.2) is 0 Å². The average molecular weight is 349 g/mol. The summed E-state index contributed by atoms with van der Waals surface area (Å²) in [5.74, 6) is 0.126. The van der Waals surface area contributed by atoms with Crippen LogP contribution in [0.1, 0.15) is 55.4 Å². The molecule has 3 rings (SSSR count). The summed E-state index contributed by atoms with van der Waals surface area (Å²) in [6, 6.07) is 7.34. The summed E-state index contributed by atoms with van der Waals surface area (Å²) in [5.41, 5.74) is -3.04. The molecule has 1 saturated carbocycles. The maximum absolute atomic E-state index is 13.6. The predicted molar refractivity (Wildman–Crippen MR) is 82.9 cm³/mol. The molecular weight excluding hydrogens is 329 g/mol. The number of thiophene rings is 1. The summed E-state index contributed by atoms with van der Waals surface area (Å²) in [6.07, 6.45) is 5.98. The van der Waals surface area contributed by atoms with Gasteiger partial charge in [-0.1, -0.05) is 32.3 Å². The zero-order valence-electron chi connectivity index (χ0n) is 12.5. The van der Waals surface area contributed by atoms with Gasteiger partial charge in [0.05, 0.1) is 10.5 Å². The van der Waals surface area contributed by atoms with Crippen molar-refractivity contribution < 1.29 is 25.6 Å². The molecule has 1 heterocycles. The molecule has 1 aromatic carbocycles. The highest BCUT2D eigenvalue weighted by atomic mass is 35.5. The first-order valence-corrected chi connectivity index (χ1v) is 8.89. The number of halogens is 4. The highest BCUT2D eigenvalue weighted by Gasteiger charge is 2.49. The first-order valence-electron chi connectivity index (χ1n) is 7.66. The van der Waals surface area contributed by atoms with E-state index in [1.54, 1.807) is 6.07 Å². The van der Waals surface area contributed by atoms with E-state index in [9.17, 15) is 13.2 Å². The van der Waals surface area contributed by atoms with E-state index in [4.69, 9.17) is 0 Å². The van der Waals surface area contributed by atoms with Crippen LogP contribution < -0.4 is 12.4 Å². The van der Waals surface area contributed by atoms with E-state index in [-0.39, 0.29) is 18.3 Å². The summed E-state index contributed by atoms with van der Waals surface area (Å²) in [7, 11) is -1.70. The summed E-state index contributed by atoms with van der Waals surface area (Å²) in [4.78, 5) is 0.644. The smallest absolute Gasteiger partial charge is 0.600 e. The van der Waals surface area contributed by atoms with Crippen LogP contribution in [-0.4, -0.2) is 0 Å². The quantitative estimate of drug-likeness (QED) is 0.726. The van der Waals surface area contributed by atoms with Gasteiger partial charge < -0.3 is 12.4 Å². The molecule has 1 aromatic heterocycles. The zero-order valence-corrected chi connectivity index (χ0v) is 14.1. The molecular formula is C17H20ClF3S. The Morgan fingerprint density at radius 3 is 2.36 bits per heavy atom. The third-order valence-corrected chi connectivity index (χ3v) is 6.67. The molecule has 22 heavy (non-hydrogen) atoms. The van der Waals surface area contributed by atoms with E-state index in [0.717, 1.165) is 49.5 Å². The third-order valence-electron chi connectivity index (χ3n) is 4.47. The molecule has 1 aliphatic carbocycles. The lowest BCUT2D eigenvalue weighted by molar-refractivity contribution is -0.0868. The second-order valence-electron chi connectivity index (χ2n) is 5.86. The SMILES string of the molecule is CCc1ccc2c(c1)cc(C1CCCCC1)[s+]2C(F)(F)F.[Cl-]. The van der Waals surface area contributed by atoms with E-state index in [0.29, 0.717) is 9.58 Å². The van der Waals surface area contributed by atoms with Crippen LogP contribution in [0.3, 0.4) is 0 Å². The minimum atomic E-state index is -4.15. The van der Waals surface area contributed by atoms with Crippen molar-refractivity contribution in [2.24, 2.45) is 0 Å². The normalized spacial score (nSPS) is 17.5. The van der Waals surface area contributed by atoms with Crippen LogP contribution in [0.25, 0.3) is 10.1 Å². The molecule has 0 N–H and O–H groups in total. The highest BCUT2D eigenvalue weighted by Crippen LogP contribution is 2.55. The molecule has 1 fully saturated rings. The van der Waals surface area contributed by atoms with Crippen LogP contribution in [0.15, 0.2) is 24.3 Å². The zero-order chi connectivity index (χ0) is 15.0. The van der Waals surface area contributed by atoms with Crippen LogP contribution >= 0.6 is 10.5 Å². The summed E-state index contributed by atoms with van der Waals surface area (Å²) in [6.45, 7) is 2.03. The topological polar surface area (TPSA) is 0 Å². The number of rotatable bonds is 2. The van der Waals surface area contributed by atoms with E-state index in [2.05, 4.69) is 0 Å². The molecule has 0 aliphatic heterocycles. The Hall–Kier alpha value is -0.740. The molecule has 0 amide bonds. The molecule has 0 spiro atoms. The molecule has 5 heteroatoms.